The second-order valence-electron chi connectivity index (χ2n) is 5.85. The highest BCUT2D eigenvalue weighted by Crippen LogP contribution is 2.23. The number of halogens is 1. The molecule has 6 heteroatoms. The Bertz CT molecular complexity index is 620. The highest BCUT2D eigenvalue weighted by atomic mass is 35.5. The molecule has 0 saturated carbocycles. The lowest BCUT2D eigenvalue weighted by atomic mass is 10.1. The number of nitrogens with zero attached hydrogens (tertiary/aromatic N) is 2. The van der Waals surface area contributed by atoms with E-state index in [0.29, 0.717) is 19.6 Å². The molecule has 0 bridgehead atoms. The van der Waals surface area contributed by atoms with Gasteiger partial charge in [0, 0.05) is 19.6 Å². The van der Waals surface area contributed by atoms with Gasteiger partial charge in [0.05, 0.1) is 6.04 Å². The molecule has 2 aromatic rings. The average Bonchev–Trinajstić information content (AvgIpc) is 3.16. The van der Waals surface area contributed by atoms with E-state index >= 15 is 0 Å². The van der Waals surface area contributed by atoms with E-state index in [1.54, 1.807) is 11.3 Å². The van der Waals surface area contributed by atoms with E-state index in [-0.39, 0.29) is 24.5 Å². The fraction of sp³-hybridized carbons (Fsp3) is 0.353. The molecule has 23 heavy (non-hydrogen) atoms. The van der Waals surface area contributed by atoms with Crippen LogP contribution in [-0.2, 0) is 13.1 Å². The van der Waals surface area contributed by atoms with Crippen molar-refractivity contribution in [2.24, 2.45) is 0 Å². The molecule has 0 spiro atoms. The molecular weight excluding hydrogens is 330 g/mol. The van der Waals surface area contributed by atoms with Crippen LogP contribution in [0.25, 0.3) is 0 Å². The number of nitrogens with one attached hydrogen (secondary N) is 1. The van der Waals surface area contributed by atoms with Crippen molar-refractivity contribution in [2.75, 3.05) is 20.6 Å². The molecular formula is C17H22ClN3OS. The van der Waals surface area contributed by atoms with Crippen LogP contribution in [0.15, 0.2) is 41.1 Å². The minimum atomic E-state index is 0. The van der Waals surface area contributed by atoms with Crippen LogP contribution in [0.4, 0.5) is 4.79 Å². The summed E-state index contributed by atoms with van der Waals surface area (Å²) in [4.78, 5) is 16.4. The number of likely N-dealkylation sites (N-methyl/N-ethyl adjacent to an activating group) is 1. The first-order chi connectivity index (χ1) is 10.6. The predicted octanol–water partition coefficient (Wildman–Crippen LogP) is 3.50. The summed E-state index contributed by atoms with van der Waals surface area (Å²) >= 11 is 1.69. The lowest BCUT2D eigenvalue weighted by Gasteiger charge is -2.25. The van der Waals surface area contributed by atoms with Crippen molar-refractivity contribution < 1.29 is 4.79 Å². The molecule has 1 aliphatic heterocycles. The summed E-state index contributed by atoms with van der Waals surface area (Å²) < 4.78 is 0. The summed E-state index contributed by atoms with van der Waals surface area (Å²) in [6.07, 6.45) is 0. The first-order valence-corrected chi connectivity index (χ1v) is 8.37. The molecule has 1 aromatic carbocycles. The number of hydrogen-bond donors (Lipinski definition) is 1. The average molecular weight is 352 g/mol. The van der Waals surface area contributed by atoms with Gasteiger partial charge in [0.25, 0.3) is 0 Å². The smallest absolute Gasteiger partial charge is 0.318 e. The standard InChI is InChI=1S/C17H21N3OS.ClH/c1-19(2)16(15-7-8-22-12-15)9-18-17(21)20-10-13-5-3-4-6-14(13)11-20;/h3-8,12,16H,9-11H2,1-2H3,(H,18,21);1H. The molecule has 3 rings (SSSR count). The van der Waals surface area contributed by atoms with E-state index in [9.17, 15) is 4.79 Å². The zero-order chi connectivity index (χ0) is 15.5. The third-order valence-corrected chi connectivity index (χ3v) is 4.83. The first-order valence-electron chi connectivity index (χ1n) is 7.43. The largest absolute Gasteiger partial charge is 0.336 e. The number of hydrogen-bond acceptors (Lipinski definition) is 3. The monoisotopic (exact) mass is 351 g/mol. The normalized spacial score (nSPS) is 14.3. The molecule has 0 radical (unpaired) electrons. The number of urea groups is 1. The first kappa shape index (κ1) is 17.8. The van der Waals surface area contributed by atoms with E-state index in [0.717, 1.165) is 0 Å². The maximum atomic E-state index is 12.4. The number of carbonyl (C=O) groups is 1. The van der Waals surface area contributed by atoms with Gasteiger partial charge in [-0.3, -0.25) is 0 Å². The van der Waals surface area contributed by atoms with Gasteiger partial charge in [0.15, 0.2) is 0 Å². The lowest BCUT2D eigenvalue weighted by Crippen LogP contribution is -2.40. The van der Waals surface area contributed by atoms with Crippen LogP contribution in [0, 0.1) is 0 Å². The number of amides is 2. The topological polar surface area (TPSA) is 35.6 Å². The van der Waals surface area contributed by atoms with Crippen LogP contribution in [-0.4, -0.2) is 36.5 Å². The van der Waals surface area contributed by atoms with Crippen molar-refractivity contribution in [1.29, 1.82) is 0 Å². The number of fused-ring (bicyclic) bond motifs is 1. The number of thiophene rings is 1. The van der Waals surface area contributed by atoms with E-state index < -0.39 is 0 Å². The minimum absolute atomic E-state index is 0. The van der Waals surface area contributed by atoms with E-state index in [4.69, 9.17) is 0 Å². The Balaban J connectivity index is 0.00000192. The number of rotatable bonds is 4. The van der Waals surface area contributed by atoms with Crippen LogP contribution in [0.5, 0.6) is 0 Å². The maximum absolute atomic E-state index is 12.4. The van der Waals surface area contributed by atoms with Gasteiger partial charge >= 0.3 is 6.03 Å². The quantitative estimate of drug-likeness (QED) is 0.915. The highest BCUT2D eigenvalue weighted by molar-refractivity contribution is 7.07. The molecule has 2 heterocycles. The van der Waals surface area contributed by atoms with Crippen molar-refractivity contribution in [3.63, 3.8) is 0 Å². The van der Waals surface area contributed by atoms with Crippen molar-refractivity contribution in [3.05, 3.63) is 57.8 Å². The molecule has 4 nitrogen and oxygen atoms in total. The van der Waals surface area contributed by atoms with E-state index in [1.165, 1.54) is 16.7 Å². The minimum Gasteiger partial charge on any atom is -0.336 e. The summed E-state index contributed by atoms with van der Waals surface area (Å²) in [6, 6.07) is 10.6. The number of carbonyl (C=O) groups excluding carboxylic acids is 1. The molecule has 124 valence electrons. The summed E-state index contributed by atoms with van der Waals surface area (Å²) in [5.41, 5.74) is 3.75. The Morgan fingerprint density at radius 2 is 1.91 bits per heavy atom. The van der Waals surface area contributed by atoms with Crippen molar-refractivity contribution in [2.45, 2.75) is 19.1 Å². The molecule has 1 aliphatic rings. The van der Waals surface area contributed by atoms with E-state index in [2.05, 4.69) is 39.2 Å². The molecule has 2 amide bonds. The van der Waals surface area contributed by atoms with Gasteiger partial charge in [0.1, 0.15) is 0 Å². The second kappa shape index (κ2) is 7.81. The molecule has 0 saturated heterocycles. The van der Waals surface area contributed by atoms with Crippen LogP contribution in [0.2, 0.25) is 0 Å². The molecule has 1 unspecified atom stereocenters. The SMILES string of the molecule is CN(C)C(CNC(=O)N1Cc2ccccc2C1)c1ccsc1.Cl. The predicted molar refractivity (Wildman–Crippen MR) is 97.1 cm³/mol. The number of benzene rings is 1. The highest BCUT2D eigenvalue weighted by Gasteiger charge is 2.24. The third-order valence-electron chi connectivity index (χ3n) is 4.13. The molecule has 1 atom stereocenters. The Labute approximate surface area is 147 Å². The Hall–Kier alpha value is -1.56. The fourth-order valence-electron chi connectivity index (χ4n) is 2.84. The zero-order valence-corrected chi connectivity index (χ0v) is 15.0. The van der Waals surface area contributed by atoms with Crippen molar-refractivity contribution >= 4 is 29.8 Å². The van der Waals surface area contributed by atoms with Crippen LogP contribution >= 0.6 is 23.7 Å². The fourth-order valence-corrected chi connectivity index (χ4v) is 3.54. The van der Waals surface area contributed by atoms with Gasteiger partial charge < -0.3 is 15.1 Å². The Morgan fingerprint density at radius 3 is 2.43 bits per heavy atom. The van der Waals surface area contributed by atoms with Gasteiger partial charge in [-0.1, -0.05) is 24.3 Å². The van der Waals surface area contributed by atoms with E-state index in [1.807, 2.05) is 31.1 Å². The van der Waals surface area contributed by atoms with Crippen molar-refractivity contribution in [1.82, 2.24) is 15.1 Å². The Kier molecular flexibility index (Phi) is 6.04. The van der Waals surface area contributed by atoms with Gasteiger partial charge in [-0.25, -0.2) is 4.79 Å². The summed E-state index contributed by atoms with van der Waals surface area (Å²) in [6.45, 7) is 2.02. The van der Waals surface area contributed by atoms with Gasteiger partial charge in [-0.15, -0.1) is 12.4 Å². The second-order valence-corrected chi connectivity index (χ2v) is 6.63. The zero-order valence-electron chi connectivity index (χ0n) is 13.4. The summed E-state index contributed by atoms with van der Waals surface area (Å²) in [5, 5.41) is 7.29. The van der Waals surface area contributed by atoms with Crippen LogP contribution < -0.4 is 5.32 Å². The van der Waals surface area contributed by atoms with Gasteiger partial charge in [-0.05, 0) is 47.6 Å². The summed E-state index contributed by atoms with van der Waals surface area (Å²) in [5.74, 6) is 0. The van der Waals surface area contributed by atoms with Crippen molar-refractivity contribution in [3.8, 4) is 0 Å². The molecule has 1 aromatic heterocycles. The van der Waals surface area contributed by atoms with Crippen LogP contribution in [0.1, 0.15) is 22.7 Å². The lowest BCUT2D eigenvalue weighted by molar-refractivity contribution is 0.193. The maximum Gasteiger partial charge on any atom is 0.318 e. The molecule has 0 aliphatic carbocycles. The molecule has 1 N–H and O–H groups in total. The van der Waals surface area contributed by atoms with Gasteiger partial charge in [-0.2, -0.15) is 11.3 Å². The van der Waals surface area contributed by atoms with Gasteiger partial charge in [0.2, 0.25) is 0 Å². The summed E-state index contributed by atoms with van der Waals surface area (Å²) in [7, 11) is 4.08. The third kappa shape index (κ3) is 4.05. The Morgan fingerprint density at radius 1 is 1.26 bits per heavy atom. The molecule has 0 fully saturated rings. The van der Waals surface area contributed by atoms with Crippen LogP contribution in [0.3, 0.4) is 0 Å².